The zero-order valence-corrected chi connectivity index (χ0v) is 18.6. The number of aromatic nitrogens is 3. The molecule has 0 bridgehead atoms. The lowest BCUT2D eigenvalue weighted by Crippen LogP contribution is -2.14. The fourth-order valence-electron chi connectivity index (χ4n) is 3.52. The molecular formula is C23H23N5O2S. The normalized spacial score (nSPS) is 11.1. The number of hydrogen-bond donors (Lipinski definition) is 2. The second-order valence-electron chi connectivity index (χ2n) is 7.51. The highest BCUT2D eigenvalue weighted by atomic mass is 32.2. The smallest absolute Gasteiger partial charge is 0.234 e. The molecule has 2 heterocycles. The van der Waals surface area contributed by atoms with Crippen LogP contribution in [0.25, 0.3) is 16.6 Å². The number of hydrogen-bond acceptors (Lipinski definition) is 5. The number of nitrogens with one attached hydrogen (secondary N) is 2. The van der Waals surface area contributed by atoms with Gasteiger partial charge in [-0.2, -0.15) is 0 Å². The van der Waals surface area contributed by atoms with Gasteiger partial charge in [-0.1, -0.05) is 23.9 Å². The first-order valence-electron chi connectivity index (χ1n) is 9.88. The van der Waals surface area contributed by atoms with Gasteiger partial charge in [-0.3, -0.25) is 14.0 Å². The number of thioether (sulfide) groups is 1. The van der Waals surface area contributed by atoms with Gasteiger partial charge >= 0.3 is 0 Å². The van der Waals surface area contributed by atoms with Crippen LogP contribution in [0.1, 0.15) is 23.6 Å². The van der Waals surface area contributed by atoms with E-state index in [-0.39, 0.29) is 17.6 Å². The number of carbonyl (C=O) groups excluding carboxylic acids is 2. The average molecular weight is 434 g/mol. The Hall–Kier alpha value is -3.39. The third-order valence-corrected chi connectivity index (χ3v) is 6.07. The van der Waals surface area contributed by atoms with E-state index in [0.717, 1.165) is 22.1 Å². The Bertz CT molecular complexity index is 1310. The molecule has 0 fully saturated rings. The molecule has 2 aromatic heterocycles. The van der Waals surface area contributed by atoms with E-state index in [4.69, 9.17) is 0 Å². The van der Waals surface area contributed by atoms with Crippen LogP contribution in [0.15, 0.2) is 47.6 Å². The van der Waals surface area contributed by atoms with Gasteiger partial charge in [0.25, 0.3) is 0 Å². The molecule has 0 unspecified atom stereocenters. The molecule has 0 aliphatic rings. The topological polar surface area (TPSA) is 88.4 Å². The Balaban J connectivity index is 1.54. The van der Waals surface area contributed by atoms with Crippen molar-refractivity contribution in [3.05, 3.63) is 59.2 Å². The Labute approximate surface area is 184 Å². The third-order valence-electron chi connectivity index (χ3n) is 5.14. The summed E-state index contributed by atoms with van der Waals surface area (Å²) in [5, 5.41) is 16.1. The molecule has 31 heavy (non-hydrogen) atoms. The van der Waals surface area contributed by atoms with Crippen LogP contribution in [-0.4, -0.2) is 32.2 Å². The second kappa shape index (κ2) is 8.39. The molecule has 4 aromatic rings. The molecule has 2 N–H and O–H groups in total. The lowest BCUT2D eigenvalue weighted by molar-refractivity contribution is -0.114. The van der Waals surface area contributed by atoms with Gasteiger partial charge in [0.1, 0.15) is 0 Å². The molecule has 2 amide bonds. The molecule has 0 atom stereocenters. The van der Waals surface area contributed by atoms with Crippen LogP contribution in [0.3, 0.4) is 0 Å². The van der Waals surface area contributed by atoms with E-state index >= 15 is 0 Å². The van der Waals surface area contributed by atoms with Gasteiger partial charge in [0.05, 0.1) is 11.3 Å². The molecule has 0 saturated carbocycles. The highest BCUT2D eigenvalue weighted by molar-refractivity contribution is 7.99. The largest absolute Gasteiger partial charge is 0.326 e. The van der Waals surface area contributed by atoms with Gasteiger partial charge in [0, 0.05) is 18.3 Å². The summed E-state index contributed by atoms with van der Waals surface area (Å²) in [7, 11) is 0. The van der Waals surface area contributed by atoms with Crippen LogP contribution < -0.4 is 10.6 Å². The summed E-state index contributed by atoms with van der Waals surface area (Å²) in [5.41, 5.74) is 6.63. The van der Waals surface area contributed by atoms with Crippen molar-refractivity contribution in [1.82, 2.24) is 14.6 Å². The van der Waals surface area contributed by atoms with Gasteiger partial charge in [0.2, 0.25) is 11.8 Å². The Morgan fingerprint density at radius 3 is 2.29 bits per heavy atom. The molecular weight excluding hydrogens is 410 g/mol. The van der Waals surface area contributed by atoms with Gasteiger partial charge in [-0.05, 0) is 73.2 Å². The van der Waals surface area contributed by atoms with Crippen LogP contribution in [0.2, 0.25) is 0 Å². The number of rotatable bonds is 5. The molecule has 8 heteroatoms. The maximum Gasteiger partial charge on any atom is 0.234 e. The number of aryl methyl sites for hydroxylation is 3. The molecule has 0 saturated heterocycles. The fourth-order valence-corrected chi connectivity index (χ4v) is 4.26. The van der Waals surface area contributed by atoms with Crippen molar-refractivity contribution in [2.75, 3.05) is 16.4 Å². The van der Waals surface area contributed by atoms with Crippen LogP contribution >= 0.6 is 11.8 Å². The number of anilines is 2. The lowest BCUT2D eigenvalue weighted by Gasteiger charge is -2.11. The molecule has 4 rings (SSSR count). The Morgan fingerprint density at radius 1 is 0.935 bits per heavy atom. The summed E-state index contributed by atoms with van der Waals surface area (Å²) < 4.78 is 2.05. The van der Waals surface area contributed by atoms with Crippen molar-refractivity contribution in [1.29, 1.82) is 0 Å². The maximum absolute atomic E-state index is 12.5. The quantitative estimate of drug-likeness (QED) is 0.453. The van der Waals surface area contributed by atoms with Gasteiger partial charge < -0.3 is 10.6 Å². The van der Waals surface area contributed by atoms with Gasteiger partial charge in [-0.25, -0.2) is 0 Å². The van der Waals surface area contributed by atoms with E-state index in [1.165, 1.54) is 29.8 Å². The summed E-state index contributed by atoms with van der Waals surface area (Å²) in [4.78, 5) is 23.6. The first-order chi connectivity index (χ1) is 14.8. The van der Waals surface area contributed by atoms with E-state index < -0.39 is 0 Å². The molecule has 0 spiro atoms. The summed E-state index contributed by atoms with van der Waals surface area (Å²) in [6.45, 7) is 7.65. The Morgan fingerprint density at radius 2 is 1.61 bits per heavy atom. The van der Waals surface area contributed by atoms with E-state index in [1.807, 2.05) is 11.3 Å². The van der Waals surface area contributed by atoms with E-state index in [9.17, 15) is 9.59 Å². The summed E-state index contributed by atoms with van der Waals surface area (Å²) in [6, 6.07) is 13.3. The zero-order valence-electron chi connectivity index (χ0n) is 17.8. The summed E-state index contributed by atoms with van der Waals surface area (Å²) in [5.74, 6) is -0.0741. The minimum absolute atomic E-state index is 0.137. The molecule has 7 nitrogen and oxygen atoms in total. The first kappa shape index (κ1) is 20.9. The monoisotopic (exact) mass is 433 g/mol. The molecule has 158 valence electrons. The van der Waals surface area contributed by atoms with Crippen molar-refractivity contribution >= 4 is 51.5 Å². The minimum Gasteiger partial charge on any atom is -0.326 e. The summed E-state index contributed by atoms with van der Waals surface area (Å²) >= 11 is 1.35. The number of amides is 2. The fraction of sp³-hybridized carbons (Fsp3) is 0.217. The lowest BCUT2D eigenvalue weighted by atomic mass is 10.0. The number of fused-ring (bicyclic) bond motifs is 3. The van der Waals surface area contributed by atoms with Crippen molar-refractivity contribution in [2.45, 2.75) is 32.9 Å². The molecule has 2 aromatic carbocycles. The van der Waals surface area contributed by atoms with Crippen molar-refractivity contribution in [3.8, 4) is 0 Å². The predicted molar refractivity (Wildman–Crippen MR) is 125 cm³/mol. The maximum atomic E-state index is 12.5. The number of carbonyl (C=O) groups is 2. The number of nitrogens with zero attached hydrogens (tertiary/aromatic N) is 3. The van der Waals surface area contributed by atoms with Gasteiger partial charge in [-0.15, -0.1) is 10.2 Å². The number of pyridine rings is 1. The van der Waals surface area contributed by atoms with E-state index in [2.05, 4.69) is 52.9 Å². The first-order valence-corrected chi connectivity index (χ1v) is 10.9. The van der Waals surface area contributed by atoms with Crippen LogP contribution in [-0.2, 0) is 9.59 Å². The van der Waals surface area contributed by atoms with Crippen LogP contribution in [0, 0.1) is 20.8 Å². The second-order valence-corrected chi connectivity index (χ2v) is 8.45. The van der Waals surface area contributed by atoms with Crippen LogP contribution in [0.4, 0.5) is 11.4 Å². The SMILES string of the molecule is CC(=O)Nc1ccc(NC(=O)CSc2nnc3c(C)cc4ccc(C)c(C)c4n23)cc1. The summed E-state index contributed by atoms with van der Waals surface area (Å²) in [6.07, 6.45) is 0. The zero-order chi connectivity index (χ0) is 22.1. The average Bonchev–Trinajstić information content (AvgIpc) is 3.15. The van der Waals surface area contributed by atoms with Gasteiger partial charge in [0.15, 0.2) is 10.8 Å². The van der Waals surface area contributed by atoms with E-state index in [1.54, 1.807) is 24.3 Å². The predicted octanol–water partition coefficient (Wildman–Crippen LogP) is 4.50. The highest BCUT2D eigenvalue weighted by Gasteiger charge is 2.16. The molecule has 0 radical (unpaired) electrons. The minimum atomic E-state index is -0.140. The third kappa shape index (κ3) is 4.25. The highest BCUT2D eigenvalue weighted by Crippen LogP contribution is 2.29. The van der Waals surface area contributed by atoms with Crippen molar-refractivity contribution in [3.63, 3.8) is 0 Å². The van der Waals surface area contributed by atoms with Crippen molar-refractivity contribution in [2.24, 2.45) is 0 Å². The van der Waals surface area contributed by atoms with E-state index in [0.29, 0.717) is 16.5 Å². The molecule has 0 aliphatic carbocycles. The van der Waals surface area contributed by atoms with Crippen LogP contribution in [0.5, 0.6) is 0 Å². The number of benzene rings is 2. The Kier molecular flexibility index (Phi) is 5.65. The standard InChI is InChI=1S/C23H23N5O2S/c1-13-5-6-17-11-14(2)22-26-27-23(28(22)21(17)15(13)3)31-12-20(30)25-19-9-7-18(8-10-19)24-16(4)29/h5-11H,12H2,1-4H3,(H,24,29)(H,25,30). The van der Waals surface area contributed by atoms with Crippen molar-refractivity contribution < 1.29 is 9.59 Å². The molecule has 0 aliphatic heterocycles.